The summed E-state index contributed by atoms with van der Waals surface area (Å²) in [5, 5.41) is 17.1. The summed E-state index contributed by atoms with van der Waals surface area (Å²) in [6.45, 7) is 1.51. The predicted octanol–water partition coefficient (Wildman–Crippen LogP) is 1.91. The highest BCUT2D eigenvalue weighted by Gasteiger charge is 2.27. The zero-order chi connectivity index (χ0) is 20.7. The molecule has 0 rings (SSSR count). The van der Waals surface area contributed by atoms with Gasteiger partial charge in [0, 0.05) is 6.42 Å². The average Bonchev–Trinajstić information content (AvgIpc) is 2.58. The maximum absolute atomic E-state index is 11.7. The van der Waals surface area contributed by atoms with Crippen LogP contribution in [-0.4, -0.2) is 53.5 Å². The van der Waals surface area contributed by atoms with Crippen molar-refractivity contribution in [3.8, 4) is 0 Å². The van der Waals surface area contributed by atoms with Crippen molar-refractivity contribution in [1.29, 1.82) is 0 Å². The van der Waals surface area contributed by atoms with Gasteiger partial charge in [-0.1, -0.05) is 51.9 Å². The van der Waals surface area contributed by atoms with Gasteiger partial charge in [0.1, 0.15) is 6.61 Å². The Morgan fingerprint density at radius 1 is 0.889 bits per heavy atom. The van der Waals surface area contributed by atoms with Gasteiger partial charge >= 0.3 is 22.1 Å². The van der Waals surface area contributed by atoms with E-state index in [4.69, 9.17) is 14.9 Å². The van der Waals surface area contributed by atoms with Gasteiger partial charge in [-0.2, -0.15) is 8.42 Å². The van der Waals surface area contributed by atoms with Gasteiger partial charge in [-0.15, -0.1) is 0 Å². The number of unbranched alkanes of at least 4 members (excludes halogenated alkanes) is 7. The van der Waals surface area contributed by atoms with Crippen LogP contribution in [-0.2, 0) is 29.2 Å². The fourth-order valence-electron chi connectivity index (χ4n) is 2.36. The van der Waals surface area contributed by atoms with E-state index in [-0.39, 0.29) is 6.42 Å². The van der Waals surface area contributed by atoms with Gasteiger partial charge in [0.05, 0.1) is 12.8 Å². The predicted molar refractivity (Wildman–Crippen MR) is 97.1 cm³/mol. The van der Waals surface area contributed by atoms with Crippen LogP contribution in [0.3, 0.4) is 0 Å². The molecular weight excluding hydrogens is 380 g/mol. The van der Waals surface area contributed by atoms with E-state index in [9.17, 15) is 22.6 Å². The third-order valence-electron chi connectivity index (χ3n) is 3.82. The van der Waals surface area contributed by atoms with E-state index in [2.05, 4.69) is 11.7 Å². The molecule has 0 aromatic carbocycles. The van der Waals surface area contributed by atoms with Crippen LogP contribution in [0.1, 0.15) is 77.6 Å². The fourth-order valence-corrected chi connectivity index (χ4v) is 3.06. The maximum atomic E-state index is 11.7. The number of aliphatic hydroxyl groups excluding tert-OH is 1. The van der Waals surface area contributed by atoms with Gasteiger partial charge in [0.25, 0.3) is 0 Å². The Balaban J connectivity index is 4.12. The first kappa shape index (κ1) is 25.8. The van der Waals surface area contributed by atoms with Crippen molar-refractivity contribution in [2.24, 2.45) is 0 Å². The number of rotatable bonds is 16. The SMILES string of the molecule is CCCCCCCCCCC(OC(=O)CCC(=O)OCC(O)O)S(=O)(=O)O. The molecular formula is C17H32O9S. The Labute approximate surface area is 160 Å². The molecule has 0 amide bonds. The molecule has 0 radical (unpaired) electrons. The lowest BCUT2D eigenvalue weighted by Gasteiger charge is -2.15. The summed E-state index contributed by atoms with van der Waals surface area (Å²) in [5.74, 6) is -1.81. The van der Waals surface area contributed by atoms with Crippen molar-refractivity contribution in [1.82, 2.24) is 0 Å². The van der Waals surface area contributed by atoms with E-state index in [1.165, 1.54) is 19.3 Å². The van der Waals surface area contributed by atoms with Gasteiger partial charge < -0.3 is 19.7 Å². The second-order valence-corrected chi connectivity index (χ2v) is 7.92. The number of esters is 2. The summed E-state index contributed by atoms with van der Waals surface area (Å²) in [7, 11) is -4.55. The number of carbonyl (C=O) groups is 2. The summed E-state index contributed by atoms with van der Waals surface area (Å²) >= 11 is 0. The molecule has 0 saturated carbocycles. The molecule has 9 nitrogen and oxygen atoms in total. The average molecular weight is 413 g/mol. The first-order chi connectivity index (χ1) is 12.7. The Bertz CT molecular complexity index is 516. The molecule has 0 aromatic heterocycles. The number of ether oxygens (including phenoxy) is 2. The lowest BCUT2D eigenvalue weighted by molar-refractivity contribution is -0.159. The summed E-state index contributed by atoms with van der Waals surface area (Å²) in [6.07, 6.45) is 5.28. The van der Waals surface area contributed by atoms with Crippen LogP contribution >= 0.6 is 0 Å². The highest BCUT2D eigenvalue weighted by molar-refractivity contribution is 7.86. The molecule has 160 valence electrons. The lowest BCUT2D eigenvalue weighted by Crippen LogP contribution is -2.27. The largest absolute Gasteiger partial charge is 0.460 e. The van der Waals surface area contributed by atoms with Crippen LogP contribution in [0.25, 0.3) is 0 Å². The van der Waals surface area contributed by atoms with E-state index in [1.807, 2.05) is 0 Å². The Morgan fingerprint density at radius 2 is 1.41 bits per heavy atom. The van der Waals surface area contributed by atoms with Crippen LogP contribution < -0.4 is 0 Å². The van der Waals surface area contributed by atoms with Crippen LogP contribution in [0.4, 0.5) is 0 Å². The van der Waals surface area contributed by atoms with E-state index in [0.717, 1.165) is 25.7 Å². The highest BCUT2D eigenvalue weighted by Crippen LogP contribution is 2.15. The Morgan fingerprint density at radius 3 is 1.93 bits per heavy atom. The summed E-state index contributed by atoms with van der Waals surface area (Å²) < 4.78 is 41.1. The van der Waals surface area contributed by atoms with Crippen molar-refractivity contribution in [2.45, 2.75) is 89.3 Å². The molecule has 0 spiro atoms. The van der Waals surface area contributed by atoms with Crippen LogP contribution in [0.5, 0.6) is 0 Å². The fraction of sp³-hybridized carbons (Fsp3) is 0.882. The minimum Gasteiger partial charge on any atom is -0.460 e. The topological polar surface area (TPSA) is 147 Å². The standard InChI is InChI=1S/C17H32O9S/c1-2-3-4-5-6-7-8-9-10-17(27(22,23)24)26-16(21)12-11-15(20)25-13-14(18)19/h14,17-19H,2-13H2,1H3,(H,22,23,24). The zero-order valence-corrected chi connectivity index (χ0v) is 16.7. The first-order valence-corrected chi connectivity index (χ1v) is 10.8. The quantitative estimate of drug-likeness (QED) is 0.150. The van der Waals surface area contributed by atoms with Gasteiger partial charge in [-0.25, -0.2) is 0 Å². The van der Waals surface area contributed by atoms with Gasteiger partial charge in [-0.3, -0.25) is 14.1 Å². The van der Waals surface area contributed by atoms with E-state index >= 15 is 0 Å². The Hall–Kier alpha value is -1.23. The first-order valence-electron chi connectivity index (χ1n) is 9.34. The van der Waals surface area contributed by atoms with Crippen molar-refractivity contribution < 1.29 is 42.2 Å². The molecule has 0 saturated heterocycles. The Kier molecular flexibility index (Phi) is 14.1. The maximum Gasteiger partial charge on any atom is 0.307 e. The lowest BCUT2D eigenvalue weighted by atomic mass is 10.1. The van der Waals surface area contributed by atoms with Crippen molar-refractivity contribution in [3.05, 3.63) is 0 Å². The smallest absolute Gasteiger partial charge is 0.307 e. The molecule has 1 unspecified atom stereocenters. The van der Waals surface area contributed by atoms with Gasteiger partial charge in [0.2, 0.25) is 5.44 Å². The monoisotopic (exact) mass is 412 g/mol. The van der Waals surface area contributed by atoms with Crippen LogP contribution in [0.2, 0.25) is 0 Å². The van der Waals surface area contributed by atoms with Crippen molar-refractivity contribution >= 4 is 22.1 Å². The molecule has 3 N–H and O–H groups in total. The van der Waals surface area contributed by atoms with Crippen molar-refractivity contribution in [3.63, 3.8) is 0 Å². The van der Waals surface area contributed by atoms with E-state index < -0.39 is 53.2 Å². The number of aliphatic hydroxyl groups is 2. The number of carbonyl (C=O) groups excluding carboxylic acids is 2. The molecule has 0 aliphatic carbocycles. The summed E-state index contributed by atoms with van der Waals surface area (Å²) in [5.41, 5.74) is -1.65. The third kappa shape index (κ3) is 15.5. The van der Waals surface area contributed by atoms with Gasteiger partial charge in [0.15, 0.2) is 6.29 Å². The molecule has 10 heteroatoms. The van der Waals surface area contributed by atoms with Crippen LogP contribution in [0.15, 0.2) is 0 Å². The molecule has 0 aliphatic rings. The summed E-state index contributed by atoms with van der Waals surface area (Å²) in [6, 6.07) is 0. The molecule has 0 aromatic rings. The van der Waals surface area contributed by atoms with Gasteiger partial charge in [-0.05, 0) is 6.42 Å². The molecule has 0 bridgehead atoms. The molecule has 0 heterocycles. The van der Waals surface area contributed by atoms with Crippen molar-refractivity contribution in [2.75, 3.05) is 6.61 Å². The normalized spacial score (nSPS) is 12.8. The minimum absolute atomic E-state index is 0.0132. The summed E-state index contributed by atoms with van der Waals surface area (Å²) in [4.78, 5) is 22.9. The zero-order valence-electron chi connectivity index (χ0n) is 15.8. The third-order valence-corrected chi connectivity index (χ3v) is 4.81. The highest BCUT2D eigenvalue weighted by atomic mass is 32.2. The van der Waals surface area contributed by atoms with Crippen LogP contribution in [0, 0.1) is 0 Å². The number of hydrogen-bond donors (Lipinski definition) is 3. The molecule has 0 aliphatic heterocycles. The van der Waals surface area contributed by atoms with E-state index in [1.54, 1.807) is 0 Å². The molecule has 1 atom stereocenters. The number of hydrogen-bond acceptors (Lipinski definition) is 8. The second kappa shape index (κ2) is 14.8. The molecule has 27 heavy (non-hydrogen) atoms. The molecule has 0 fully saturated rings. The minimum atomic E-state index is -4.55. The van der Waals surface area contributed by atoms with E-state index in [0.29, 0.717) is 6.42 Å². The second-order valence-electron chi connectivity index (χ2n) is 6.36.